The summed E-state index contributed by atoms with van der Waals surface area (Å²) in [7, 11) is 1.66. The van der Waals surface area contributed by atoms with Gasteiger partial charge >= 0.3 is 0 Å². The third-order valence-electron chi connectivity index (χ3n) is 1.34. The highest BCUT2D eigenvalue weighted by atomic mass is 16.5. The van der Waals surface area contributed by atoms with Gasteiger partial charge in [-0.1, -0.05) is 6.08 Å². The van der Waals surface area contributed by atoms with E-state index in [2.05, 4.69) is 5.32 Å². The summed E-state index contributed by atoms with van der Waals surface area (Å²) in [6.07, 6.45) is 7.70. The fourth-order valence-corrected chi connectivity index (χ4v) is 0.789. The second kappa shape index (κ2) is 4.93. The van der Waals surface area contributed by atoms with Crippen LogP contribution in [0, 0.1) is 0 Å². The van der Waals surface area contributed by atoms with Crippen LogP contribution in [0.3, 0.4) is 0 Å². The molecule has 1 aliphatic heterocycles. The molecule has 3 nitrogen and oxygen atoms in total. The van der Waals surface area contributed by atoms with Gasteiger partial charge in [-0.05, 0) is 18.4 Å². The summed E-state index contributed by atoms with van der Waals surface area (Å²) in [4.78, 5) is 0. The zero-order valence-corrected chi connectivity index (χ0v) is 6.62. The van der Waals surface area contributed by atoms with Crippen LogP contribution < -0.4 is 5.32 Å². The van der Waals surface area contributed by atoms with Crippen molar-refractivity contribution in [3.8, 4) is 0 Å². The highest BCUT2D eigenvalue weighted by Gasteiger charge is 2.01. The van der Waals surface area contributed by atoms with Gasteiger partial charge in [0.25, 0.3) is 0 Å². The van der Waals surface area contributed by atoms with E-state index in [1.807, 2.05) is 24.4 Å². The Hall–Kier alpha value is -0.800. The normalized spacial score (nSPS) is 21.7. The van der Waals surface area contributed by atoms with E-state index in [0.29, 0.717) is 13.2 Å². The molecule has 0 unspecified atom stereocenters. The molecule has 0 fully saturated rings. The summed E-state index contributed by atoms with van der Waals surface area (Å²) in [6.45, 7) is 1.25. The minimum absolute atomic E-state index is 0.00940. The third-order valence-corrected chi connectivity index (χ3v) is 1.34. The van der Waals surface area contributed by atoms with Gasteiger partial charge in [0.2, 0.25) is 0 Å². The van der Waals surface area contributed by atoms with Crippen molar-refractivity contribution in [2.45, 2.75) is 6.23 Å². The van der Waals surface area contributed by atoms with E-state index < -0.39 is 0 Å². The SMILES string of the molecule is COCCO[C@H]1C=CC=CN1. The van der Waals surface area contributed by atoms with Crippen molar-refractivity contribution >= 4 is 0 Å². The summed E-state index contributed by atoms with van der Waals surface area (Å²) in [6, 6.07) is 0. The Labute approximate surface area is 66.7 Å². The fraction of sp³-hybridized carbons (Fsp3) is 0.500. The maximum atomic E-state index is 5.35. The van der Waals surface area contributed by atoms with Crippen LogP contribution in [0.5, 0.6) is 0 Å². The molecule has 0 saturated heterocycles. The number of hydrogen-bond donors (Lipinski definition) is 1. The Morgan fingerprint density at radius 2 is 2.27 bits per heavy atom. The predicted molar refractivity (Wildman–Crippen MR) is 43.0 cm³/mol. The molecule has 1 N–H and O–H groups in total. The molecule has 0 aromatic rings. The number of dihydropyridines is 1. The van der Waals surface area contributed by atoms with E-state index in [9.17, 15) is 0 Å². The van der Waals surface area contributed by atoms with E-state index in [4.69, 9.17) is 9.47 Å². The predicted octanol–water partition coefficient (Wildman–Crippen LogP) is 0.649. The van der Waals surface area contributed by atoms with Gasteiger partial charge in [0, 0.05) is 7.11 Å². The highest BCUT2D eigenvalue weighted by Crippen LogP contribution is 1.95. The zero-order chi connectivity index (χ0) is 7.94. The maximum absolute atomic E-state index is 5.35. The topological polar surface area (TPSA) is 30.5 Å². The van der Waals surface area contributed by atoms with Crippen LogP contribution in [0.4, 0.5) is 0 Å². The van der Waals surface area contributed by atoms with Crippen LogP contribution in [0.25, 0.3) is 0 Å². The van der Waals surface area contributed by atoms with E-state index in [1.165, 1.54) is 0 Å². The molecule has 0 aromatic heterocycles. The van der Waals surface area contributed by atoms with Gasteiger partial charge < -0.3 is 14.8 Å². The first-order chi connectivity index (χ1) is 5.43. The van der Waals surface area contributed by atoms with Crippen LogP contribution in [-0.4, -0.2) is 26.6 Å². The minimum atomic E-state index is 0.00940. The molecule has 0 aromatic carbocycles. The standard InChI is InChI=1S/C8H13NO2/c1-10-6-7-11-8-4-2-3-5-9-8/h2-5,8-9H,6-7H2,1H3/t8-/m0/s1. The molecular formula is C8H13NO2. The van der Waals surface area contributed by atoms with Crippen molar-refractivity contribution in [1.29, 1.82) is 0 Å². The van der Waals surface area contributed by atoms with Gasteiger partial charge in [-0.25, -0.2) is 0 Å². The van der Waals surface area contributed by atoms with Gasteiger partial charge in [-0.2, -0.15) is 0 Å². The first kappa shape index (κ1) is 8.30. The number of methoxy groups -OCH3 is 1. The molecule has 0 saturated carbocycles. The lowest BCUT2D eigenvalue weighted by atomic mass is 10.4. The van der Waals surface area contributed by atoms with Gasteiger partial charge in [-0.3, -0.25) is 0 Å². The van der Waals surface area contributed by atoms with E-state index in [1.54, 1.807) is 7.11 Å². The largest absolute Gasteiger partial charge is 0.382 e. The van der Waals surface area contributed by atoms with Crippen molar-refractivity contribution in [3.05, 3.63) is 24.4 Å². The monoisotopic (exact) mass is 155 g/mol. The number of hydrogen-bond acceptors (Lipinski definition) is 3. The second-order valence-electron chi connectivity index (χ2n) is 2.19. The lowest BCUT2D eigenvalue weighted by Crippen LogP contribution is -2.27. The van der Waals surface area contributed by atoms with Crippen LogP contribution in [-0.2, 0) is 9.47 Å². The van der Waals surface area contributed by atoms with E-state index >= 15 is 0 Å². The van der Waals surface area contributed by atoms with E-state index in [-0.39, 0.29) is 6.23 Å². The molecule has 0 radical (unpaired) electrons. The van der Waals surface area contributed by atoms with Crippen LogP contribution in [0.1, 0.15) is 0 Å². The quantitative estimate of drug-likeness (QED) is 0.605. The van der Waals surface area contributed by atoms with Gasteiger partial charge in [0.05, 0.1) is 13.2 Å². The smallest absolute Gasteiger partial charge is 0.147 e. The van der Waals surface area contributed by atoms with Crippen molar-refractivity contribution < 1.29 is 9.47 Å². The van der Waals surface area contributed by atoms with E-state index in [0.717, 1.165) is 0 Å². The Balaban J connectivity index is 2.07. The first-order valence-corrected chi connectivity index (χ1v) is 3.63. The summed E-state index contributed by atoms with van der Waals surface area (Å²) < 4.78 is 10.2. The number of nitrogens with one attached hydrogen (secondary N) is 1. The Morgan fingerprint density at radius 1 is 1.36 bits per heavy atom. The summed E-state index contributed by atoms with van der Waals surface area (Å²) in [5.41, 5.74) is 0. The summed E-state index contributed by atoms with van der Waals surface area (Å²) in [5.74, 6) is 0. The van der Waals surface area contributed by atoms with Gasteiger partial charge in [-0.15, -0.1) is 0 Å². The molecule has 0 aliphatic carbocycles. The van der Waals surface area contributed by atoms with Crippen molar-refractivity contribution in [2.75, 3.05) is 20.3 Å². The highest BCUT2D eigenvalue weighted by molar-refractivity contribution is 5.09. The Kier molecular flexibility index (Phi) is 3.72. The third kappa shape index (κ3) is 3.20. The second-order valence-corrected chi connectivity index (χ2v) is 2.19. The van der Waals surface area contributed by atoms with Crippen molar-refractivity contribution in [2.24, 2.45) is 0 Å². The van der Waals surface area contributed by atoms with Crippen LogP contribution in [0.2, 0.25) is 0 Å². The summed E-state index contributed by atoms with van der Waals surface area (Å²) in [5, 5.41) is 3.03. The molecule has 3 heteroatoms. The van der Waals surface area contributed by atoms with Gasteiger partial charge in [0.1, 0.15) is 6.23 Å². The minimum Gasteiger partial charge on any atom is -0.382 e. The van der Waals surface area contributed by atoms with Crippen molar-refractivity contribution in [1.82, 2.24) is 5.32 Å². The number of rotatable bonds is 4. The molecule has 1 rings (SSSR count). The lowest BCUT2D eigenvalue weighted by molar-refractivity contribution is 0.0301. The molecule has 1 aliphatic rings. The maximum Gasteiger partial charge on any atom is 0.147 e. The fourth-order valence-electron chi connectivity index (χ4n) is 0.789. The number of ether oxygens (including phenoxy) is 2. The lowest BCUT2D eigenvalue weighted by Gasteiger charge is -2.15. The van der Waals surface area contributed by atoms with Crippen molar-refractivity contribution in [3.63, 3.8) is 0 Å². The molecule has 1 heterocycles. The Bertz CT molecular complexity index is 154. The van der Waals surface area contributed by atoms with Crippen LogP contribution >= 0.6 is 0 Å². The summed E-state index contributed by atoms with van der Waals surface area (Å²) >= 11 is 0. The zero-order valence-electron chi connectivity index (χ0n) is 6.62. The first-order valence-electron chi connectivity index (χ1n) is 3.63. The average molecular weight is 155 g/mol. The molecule has 0 spiro atoms. The molecule has 0 bridgehead atoms. The van der Waals surface area contributed by atoms with Gasteiger partial charge in [0.15, 0.2) is 0 Å². The molecule has 11 heavy (non-hydrogen) atoms. The molecule has 1 atom stereocenters. The number of allylic oxidation sites excluding steroid dienone is 2. The Morgan fingerprint density at radius 3 is 2.91 bits per heavy atom. The van der Waals surface area contributed by atoms with Crippen LogP contribution in [0.15, 0.2) is 24.4 Å². The molecular weight excluding hydrogens is 142 g/mol. The molecule has 0 amide bonds. The molecule has 62 valence electrons. The average Bonchev–Trinajstić information content (AvgIpc) is 2.07.